The number of rotatable bonds is 17. The normalized spacial score (nSPS) is 10.8. The number of hydrogen-bond acceptors (Lipinski definition) is 3. The molecule has 0 radical (unpaired) electrons. The molecule has 0 saturated heterocycles. The predicted octanol–water partition coefficient (Wildman–Crippen LogP) is 5.81. The van der Waals surface area contributed by atoms with Crippen molar-refractivity contribution in [2.45, 2.75) is 104 Å². The fraction of sp³-hybridized carbons (Fsp3) is 0.818. The summed E-state index contributed by atoms with van der Waals surface area (Å²) in [4.78, 5) is 19.1. The molecule has 0 amide bonds. The van der Waals surface area contributed by atoms with Gasteiger partial charge in [0.05, 0.1) is 0 Å². The lowest BCUT2D eigenvalue weighted by atomic mass is 10.0. The summed E-state index contributed by atoms with van der Waals surface area (Å²) in [5, 5.41) is 24.3. The van der Waals surface area contributed by atoms with E-state index in [0.717, 1.165) is 12.3 Å². The van der Waals surface area contributed by atoms with Crippen molar-refractivity contribution in [1.82, 2.24) is 0 Å². The first-order valence-corrected chi connectivity index (χ1v) is 10.6. The van der Waals surface area contributed by atoms with Crippen LogP contribution in [0.4, 0.5) is 0 Å². The lowest BCUT2D eigenvalue weighted by molar-refractivity contribution is -0.134. The Balaban J connectivity index is 0. The highest BCUT2D eigenvalue weighted by atomic mass is 16.4. The van der Waals surface area contributed by atoms with Crippen LogP contribution in [0.25, 0.3) is 0 Å². The topological polar surface area (TPSA) is 94.8 Å². The second kappa shape index (κ2) is 22.7. The van der Waals surface area contributed by atoms with Crippen molar-refractivity contribution in [3.8, 4) is 0 Å². The molecule has 0 bridgehead atoms. The van der Waals surface area contributed by atoms with Gasteiger partial charge in [-0.25, -0.2) is 9.59 Å². The van der Waals surface area contributed by atoms with Gasteiger partial charge in [-0.15, -0.1) is 0 Å². The lowest BCUT2D eigenvalue weighted by Gasteiger charge is -2.04. The largest absolute Gasteiger partial charge is 0.478 e. The highest BCUT2D eigenvalue weighted by molar-refractivity contribution is 5.89. The third kappa shape index (κ3) is 32.7. The van der Waals surface area contributed by atoms with Gasteiger partial charge in [-0.1, -0.05) is 97.3 Å². The minimum atomic E-state index is -1.26. The van der Waals surface area contributed by atoms with E-state index in [1.54, 1.807) is 0 Å². The Labute approximate surface area is 165 Å². The van der Waals surface area contributed by atoms with E-state index in [4.69, 9.17) is 15.3 Å². The van der Waals surface area contributed by atoms with Crippen LogP contribution in [0.1, 0.15) is 104 Å². The van der Waals surface area contributed by atoms with E-state index in [-0.39, 0.29) is 0 Å². The molecule has 0 atom stereocenters. The Morgan fingerprint density at radius 1 is 0.630 bits per heavy atom. The van der Waals surface area contributed by atoms with Crippen LogP contribution in [0.2, 0.25) is 0 Å². The minimum absolute atomic E-state index is 0.372. The zero-order valence-electron chi connectivity index (χ0n) is 17.5. The van der Waals surface area contributed by atoms with Crippen molar-refractivity contribution >= 4 is 11.9 Å². The Kier molecular flexibility index (Phi) is 23.4. The molecular formula is C22H42O5. The standard InChI is InChI=1S/C18H38O.C4H4O4/c1-18(2)16-14-12-10-8-6-4-3-5-7-9-11-13-15-17-19;5-3(6)1-2-4(7)8/h18-19H,3-17H2,1-2H3;1-2H,(H,5,6)(H,7,8)/b;2-1+. The van der Waals surface area contributed by atoms with Crippen molar-refractivity contribution < 1.29 is 24.9 Å². The van der Waals surface area contributed by atoms with Crippen LogP contribution >= 0.6 is 0 Å². The van der Waals surface area contributed by atoms with E-state index in [9.17, 15) is 9.59 Å². The molecule has 160 valence electrons. The van der Waals surface area contributed by atoms with Crippen LogP contribution in [-0.2, 0) is 9.59 Å². The number of carbonyl (C=O) groups is 2. The van der Waals surface area contributed by atoms with Gasteiger partial charge in [-0.3, -0.25) is 0 Å². The molecule has 0 rings (SSSR count). The van der Waals surface area contributed by atoms with E-state index in [0.29, 0.717) is 18.8 Å². The van der Waals surface area contributed by atoms with Gasteiger partial charge in [-0.2, -0.15) is 0 Å². The Bertz CT molecular complexity index is 348. The second-order valence-corrected chi connectivity index (χ2v) is 7.51. The van der Waals surface area contributed by atoms with Crippen LogP contribution in [0.5, 0.6) is 0 Å². The first-order valence-electron chi connectivity index (χ1n) is 10.6. The van der Waals surface area contributed by atoms with E-state index in [1.165, 1.54) is 83.5 Å². The maximum atomic E-state index is 9.55. The van der Waals surface area contributed by atoms with E-state index >= 15 is 0 Å². The summed E-state index contributed by atoms with van der Waals surface area (Å²) in [6.45, 7) is 5.02. The Morgan fingerprint density at radius 3 is 1.19 bits per heavy atom. The summed E-state index contributed by atoms with van der Waals surface area (Å²) in [5.41, 5.74) is 0. The molecule has 5 nitrogen and oxygen atoms in total. The maximum absolute atomic E-state index is 9.55. The molecule has 0 saturated carbocycles. The molecule has 0 fully saturated rings. The number of aliphatic hydroxyl groups excluding tert-OH is 1. The third-order valence-electron chi connectivity index (χ3n) is 4.31. The molecule has 0 aliphatic rings. The van der Waals surface area contributed by atoms with Gasteiger partial charge in [0.25, 0.3) is 0 Å². The number of carboxylic acids is 2. The van der Waals surface area contributed by atoms with Crippen molar-refractivity contribution in [2.24, 2.45) is 5.92 Å². The molecule has 0 aromatic rings. The van der Waals surface area contributed by atoms with Gasteiger partial charge in [0.2, 0.25) is 0 Å². The number of aliphatic hydroxyl groups is 1. The summed E-state index contributed by atoms with van der Waals surface area (Å²) in [6, 6.07) is 0. The molecule has 0 aliphatic carbocycles. The number of unbranched alkanes of at least 4 members (excludes halogenated alkanes) is 12. The number of hydrogen-bond donors (Lipinski definition) is 3. The SMILES string of the molecule is CC(C)CCCCCCCCCCCCCCCO.O=C(O)/C=C/C(=O)O. The summed E-state index contributed by atoms with van der Waals surface area (Å²) in [5.74, 6) is -1.63. The summed E-state index contributed by atoms with van der Waals surface area (Å²) >= 11 is 0. The van der Waals surface area contributed by atoms with Crippen molar-refractivity contribution in [3.05, 3.63) is 12.2 Å². The quantitative estimate of drug-likeness (QED) is 0.217. The third-order valence-corrected chi connectivity index (χ3v) is 4.31. The molecule has 0 aromatic heterocycles. The van der Waals surface area contributed by atoms with Gasteiger partial charge in [0.1, 0.15) is 0 Å². The minimum Gasteiger partial charge on any atom is -0.478 e. The predicted molar refractivity (Wildman–Crippen MR) is 111 cm³/mol. The average Bonchev–Trinajstić information content (AvgIpc) is 2.60. The zero-order valence-corrected chi connectivity index (χ0v) is 17.5. The average molecular weight is 387 g/mol. The fourth-order valence-electron chi connectivity index (χ4n) is 2.75. The zero-order chi connectivity index (χ0) is 20.8. The van der Waals surface area contributed by atoms with E-state index in [2.05, 4.69) is 13.8 Å². The van der Waals surface area contributed by atoms with Gasteiger partial charge in [0, 0.05) is 18.8 Å². The van der Waals surface area contributed by atoms with Crippen LogP contribution in [0.15, 0.2) is 12.2 Å². The van der Waals surface area contributed by atoms with Crippen LogP contribution in [-0.4, -0.2) is 33.9 Å². The fourth-order valence-corrected chi connectivity index (χ4v) is 2.75. The van der Waals surface area contributed by atoms with Gasteiger partial charge in [-0.05, 0) is 12.3 Å². The monoisotopic (exact) mass is 386 g/mol. The van der Waals surface area contributed by atoms with Crippen LogP contribution < -0.4 is 0 Å². The highest BCUT2D eigenvalue weighted by Gasteiger charge is 1.95. The van der Waals surface area contributed by atoms with E-state index < -0.39 is 11.9 Å². The maximum Gasteiger partial charge on any atom is 0.328 e. The molecular weight excluding hydrogens is 344 g/mol. The van der Waals surface area contributed by atoms with Crippen LogP contribution in [0, 0.1) is 5.92 Å². The second-order valence-electron chi connectivity index (χ2n) is 7.51. The molecule has 0 aliphatic heterocycles. The summed E-state index contributed by atoms with van der Waals surface area (Å²) in [7, 11) is 0. The molecule has 0 unspecified atom stereocenters. The Hall–Kier alpha value is -1.36. The molecule has 0 heterocycles. The van der Waals surface area contributed by atoms with Crippen LogP contribution in [0.3, 0.4) is 0 Å². The Morgan fingerprint density at radius 2 is 0.926 bits per heavy atom. The summed E-state index contributed by atoms with van der Waals surface area (Å²) < 4.78 is 0. The van der Waals surface area contributed by atoms with Gasteiger partial charge >= 0.3 is 11.9 Å². The number of carboxylic acid groups (broad SMARTS) is 2. The first kappa shape index (κ1) is 27.9. The molecule has 5 heteroatoms. The summed E-state index contributed by atoms with van der Waals surface area (Å²) in [6.07, 6.45) is 20.4. The van der Waals surface area contributed by atoms with Gasteiger partial charge in [0.15, 0.2) is 0 Å². The number of aliphatic carboxylic acids is 2. The molecule has 0 spiro atoms. The highest BCUT2D eigenvalue weighted by Crippen LogP contribution is 2.14. The first-order chi connectivity index (χ1) is 12.9. The molecule has 3 N–H and O–H groups in total. The van der Waals surface area contributed by atoms with E-state index in [1.807, 2.05) is 0 Å². The smallest absolute Gasteiger partial charge is 0.328 e. The van der Waals surface area contributed by atoms with Crippen molar-refractivity contribution in [2.75, 3.05) is 6.61 Å². The molecule has 27 heavy (non-hydrogen) atoms. The van der Waals surface area contributed by atoms with Gasteiger partial charge < -0.3 is 15.3 Å². The molecule has 0 aromatic carbocycles. The lowest BCUT2D eigenvalue weighted by Crippen LogP contribution is -1.91. The van der Waals surface area contributed by atoms with Crippen molar-refractivity contribution in [1.29, 1.82) is 0 Å². The van der Waals surface area contributed by atoms with Crippen molar-refractivity contribution in [3.63, 3.8) is 0 Å².